The maximum Gasteiger partial charge on any atom is 0.119 e. The lowest BCUT2D eigenvalue weighted by atomic mass is 10.2. The standard InChI is InChI=1S/C9H9NO.ClH/c1-2-11-9-5-3-8(7-10)4-6-9;/h3-6H,2H2,1H3;1H. The molecule has 0 aromatic heterocycles. The van der Waals surface area contributed by atoms with Crippen LogP contribution in [-0.2, 0) is 0 Å². The summed E-state index contributed by atoms with van der Waals surface area (Å²) >= 11 is 0. The number of hydrogen-bond donors (Lipinski definition) is 0. The van der Waals surface area contributed by atoms with Crippen LogP contribution in [0.5, 0.6) is 5.75 Å². The number of hydrogen-bond acceptors (Lipinski definition) is 2. The minimum absolute atomic E-state index is 0. The van der Waals surface area contributed by atoms with Crippen molar-refractivity contribution in [2.45, 2.75) is 6.92 Å². The Morgan fingerprint density at radius 1 is 1.33 bits per heavy atom. The van der Waals surface area contributed by atoms with E-state index in [0.717, 1.165) is 5.75 Å². The molecule has 0 spiro atoms. The van der Waals surface area contributed by atoms with E-state index in [2.05, 4.69) is 0 Å². The van der Waals surface area contributed by atoms with Gasteiger partial charge in [-0.3, -0.25) is 0 Å². The molecule has 64 valence electrons. The van der Waals surface area contributed by atoms with Crippen LogP contribution >= 0.6 is 12.4 Å². The Bertz CT molecular complexity index is 263. The first-order valence-corrected chi connectivity index (χ1v) is 3.49. The maximum absolute atomic E-state index is 8.47. The van der Waals surface area contributed by atoms with Gasteiger partial charge in [0.25, 0.3) is 0 Å². The van der Waals surface area contributed by atoms with Crippen LogP contribution in [0.4, 0.5) is 0 Å². The summed E-state index contributed by atoms with van der Waals surface area (Å²) in [6.07, 6.45) is 0. The van der Waals surface area contributed by atoms with Gasteiger partial charge in [-0.15, -0.1) is 12.4 Å². The molecule has 1 aromatic rings. The predicted octanol–water partition coefficient (Wildman–Crippen LogP) is 2.38. The molecule has 2 nitrogen and oxygen atoms in total. The summed E-state index contributed by atoms with van der Waals surface area (Å²) in [4.78, 5) is 0. The number of benzene rings is 1. The SMILES string of the molecule is CCOc1ccc(C#N)cc1.Cl. The molecule has 0 amide bonds. The van der Waals surface area contributed by atoms with Gasteiger partial charge in [-0.25, -0.2) is 0 Å². The summed E-state index contributed by atoms with van der Waals surface area (Å²) in [5, 5.41) is 8.47. The highest BCUT2D eigenvalue weighted by atomic mass is 35.5. The molecule has 0 unspecified atom stereocenters. The van der Waals surface area contributed by atoms with Crippen LogP contribution in [0.2, 0.25) is 0 Å². The molecule has 1 rings (SSSR count). The average molecular weight is 184 g/mol. The zero-order valence-electron chi connectivity index (χ0n) is 6.78. The molecule has 0 aliphatic rings. The van der Waals surface area contributed by atoms with Crippen LogP contribution in [-0.4, -0.2) is 6.61 Å². The number of rotatable bonds is 2. The van der Waals surface area contributed by atoms with E-state index in [1.54, 1.807) is 24.3 Å². The van der Waals surface area contributed by atoms with Crippen LogP contribution in [0.1, 0.15) is 12.5 Å². The van der Waals surface area contributed by atoms with Crippen LogP contribution < -0.4 is 4.74 Å². The first-order valence-electron chi connectivity index (χ1n) is 3.49. The molecule has 3 heteroatoms. The Kier molecular flexibility index (Phi) is 4.91. The molecule has 0 heterocycles. The van der Waals surface area contributed by atoms with E-state index in [4.69, 9.17) is 10.00 Å². The molecule has 0 N–H and O–H groups in total. The average Bonchev–Trinajstić information content (AvgIpc) is 2.07. The van der Waals surface area contributed by atoms with E-state index < -0.39 is 0 Å². The van der Waals surface area contributed by atoms with Crippen molar-refractivity contribution in [2.75, 3.05) is 6.61 Å². The van der Waals surface area contributed by atoms with Gasteiger partial charge in [-0.2, -0.15) is 5.26 Å². The quantitative estimate of drug-likeness (QED) is 0.706. The zero-order valence-corrected chi connectivity index (χ0v) is 7.60. The lowest BCUT2D eigenvalue weighted by molar-refractivity contribution is 0.340. The molecule has 0 aliphatic heterocycles. The molecule has 0 bridgehead atoms. The first kappa shape index (κ1) is 10.8. The molecule has 0 saturated heterocycles. The van der Waals surface area contributed by atoms with Crippen molar-refractivity contribution in [1.82, 2.24) is 0 Å². The fraction of sp³-hybridized carbons (Fsp3) is 0.222. The molecule has 0 aliphatic carbocycles. The summed E-state index contributed by atoms with van der Waals surface area (Å²) < 4.78 is 5.20. The van der Waals surface area contributed by atoms with E-state index in [0.29, 0.717) is 12.2 Å². The Balaban J connectivity index is 0.00000121. The van der Waals surface area contributed by atoms with Crippen molar-refractivity contribution in [2.24, 2.45) is 0 Å². The second-order valence-corrected chi connectivity index (χ2v) is 2.07. The van der Waals surface area contributed by atoms with Gasteiger partial charge in [-0.05, 0) is 31.2 Å². The summed E-state index contributed by atoms with van der Waals surface area (Å²) in [6.45, 7) is 2.59. The predicted molar refractivity (Wildman–Crippen MR) is 49.6 cm³/mol. The van der Waals surface area contributed by atoms with Crippen molar-refractivity contribution in [3.63, 3.8) is 0 Å². The highest BCUT2D eigenvalue weighted by molar-refractivity contribution is 5.85. The monoisotopic (exact) mass is 183 g/mol. The topological polar surface area (TPSA) is 33.0 Å². The van der Waals surface area contributed by atoms with E-state index in [1.165, 1.54) is 0 Å². The van der Waals surface area contributed by atoms with Crippen molar-refractivity contribution >= 4 is 12.4 Å². The van der Waals surface area contributed by atoms with Crippen molar-refractivity contribution < 1.29 is 4.74 Å². The fourth-order valence-corrected chi connectivity index (χ4v) is 0.792. The normalized spacial score (nSPS) is 8.00. The van der Waals surface area contributed by atoms with E-state index in [9.17, 15) is 0 Å². The minimum Gasteiger partial charge on any atom is -0.494 e. The molecule has 1 aromatic carbocycles. The first-order chi connectivity index (χ1) is 5.36. The number of ether oxygens (including phenoxy) is 1. The van der Waals surface area contributed by atoms with Gasteiger partial charge in [0.15, 0.2) is 0 Å². The zero-order chi connectivity index (χ0) is 8.10. The Morgan fingerprint density at radius 2 is 1.92 bits per heavy atom. The van der Waals surface area contributed by atoms with Gasteiger partial charge in [0, 0.05) is 0 Å². The molecular weight excluding hydrogens is 174 g/mol. The Morgan fingerprint density at radius 3 is 2.33 bits per heavy atom. The third-order valence-corrected chi connectivity index (χ3v) is 1.29. The van der Waals surface area contributed by atoms with Crippen LogP contribution in [0.25, 0.3) is 0 Å². The van der Waals surface area contributed by atoms with Gasteiger partial charge in [0.1, 0.15) is 5.75 Å². The highest BCUT2D eigenvalue weighted by Gasteiger charge is 1.91. The van der Waals surface area contributed by atoms with Crippen molar-refractivity contribution in [3.8, 4) is 11.8 Å². The second kappa shape index (κ2) is 5.45. The van der Waals surface area contributed by atoms with Gasteiger partial charge >= 0.3 is 0 Å². The largest absolute Gasteiger partial charge is 0.494 e. The molecule has 0 atom stereocenters. The number of nitrogens with zero attached hydrogens (tertiary/aromatic N) is 1. The molecule has 0 radical (unpaired) electrons. The van der Waals surface area contributed by atoms with E-state index in [1.807, 2.05) is 13.0 Å². The summed E-state index contributed by atoms with van der Waals surface area (Å²) in [5.74, 6) is 0.812. The smallest absolute Gasteiger partial charge is 0.119 e. The minimum atomic E-state index is 0. The summed E-state index contributed by atoms with van der Waals surface area (Å²) in [5.41, 5.74) is 0.661. The van der Waals surface area contributed by atoms with Crippen LogP contribution in [0.3, 0.4) is 0 Å². The van der Waals surface area contributed by atoms with E-state index in [-0.39, 0.29) is 12.4 Å². The second-order valence-electron chi connectivity index (χ2n) is 2.07. The van der Waals surface area contributed by atoms with E-state index >= 15 is 0 Å². The molecule has 12 heavy (non-hydrogen) atoms. The van der Waals surface area contributed by atoms with Gasteiger partial charge < -0.3 is 4.74 Å². The third-order valence-electron chi connectivity index (χ3n) is 1.29. The third kappa shape index (κ3) is 2.81. The number of nitriles is 1. The van der Waals surface area contributed by atoms with Gasteiger partial charge in [0.05, 0.1) is 18.2 Å². The van der Waals surface area contributed by atoms with Crippen molar-refractivity contribution in [3.05, 3.63) is 29.8 Å². The lowest BCUT2D eigenvalue weighted by Gasteiger charge is -2.00. The van der Waals surface area contributed by atoms with Crippen LogP contribution in [0.15, 0.2) is 24.3 Å². The lowest BCUT2D eigenvalue weighted by Crippen LogP contribution is -1.90. The van der Waals surface area contributed by atoms with Crippen LogP contribution in [0, 0.1) is 11.3 Å². The molecular formula is C9H10ClNO. The maximum atomic E-state index is 8.47. The van der Waals surface area contributed by atoms with Gasteiger partial charge in [-0.1, -0.05) is 0 Å². The Labute approximate surface area is 78.2 Å². The summed E-state index contributed by atoms with van der Waals surface area (Å²) in [7, 11) is 0. The summed E-state index contributed by atoms with van der Waals surface area (Å²) in [6, 6.07) is 9.11. The molecule has 0 fully saturated rings. The Hall–Kier alpha value is -1.20. The fourth-order valence-electron chi connectivity index (χ4n) is 0.792. The number of halogens is 1. The van der Waals surface area contributed by atoms with Gasteiger partial charge in [0.2, 0.25) is 0 Å². The highest BCUT2D eigenvalue weighted by Crippen LogP contribution is 2.10. The molecule has 0 saturated carbocycles. The van der Waals surface area contributed by atoms with Crippen molar-refractivity contribution in [1.29, 1.82) is 5.26 Å².